The molecule has 1 N–H and O–H groups in total. The van der Waals surface area contributed by atoms with Gasteiger partial charge in [0, 0.05) is 31.2 Å². The molecule has 0 spiro atoms. The van der Waals surface area contributed by atoms with Gasteiger partial charge in [0.1, 0.15) is 12.7 Å². The molecule has 7 nitrogen and oxygen atoms in total. The first-order chi connectivity index (χ1) is 12.1. The lowest BCUT2D eigenvalue weighted by molar-refractivity contribution is 0.00673. The van der Waals surface area contributed by atoms with Crippen LogP contribution in [0.1, 0.15) is 24.2 Å². The summed E-state index contributed by atoms with van der Waals surface area (Å²) in [5.41, 5.74) is 1.52. The summed E-state index contributed by atoms with van der Waals surface area (Å²) in [5, 5.41) is 7.16. The second kappa shape index (κ2) is 8.22. The van der Waals surface area contributed by atoms with Gasteiger partial charge in [-0.05, 0) is 30.2 Å². The van der Waals surface area contributed by atoms with Crippen molar-refractivity contribution in [2.75, 3.05) is 32.8 Å². The largest absolute Gasteiger partial charge is 0.379 e. The number of benzene rings is 1. The number of carbonyl (C=O) groups is 1. The molecule has 3 rings (SSSR count). The number of amides is 1. The fraction of sp³-hybridized carbons (Fsp3) is 0.500. The Kier molecular flexibility index (Phi) is 5.78. The van der Waals surface area contributed by atoms with Crippen molar-refractivity contribution in [2.24, 2.45) is 5.92 Å². The van der Waals surface area contributed by atoms with Crippen LogP contribution in [0.5, 0.6) is 0 Å². The fourth-order valence-corrected chi connectivity index (χ4v) is 3.10. The summed E-state index contributed by atoms with van der Waals surface area (Å²) in [6.45, 7) is 8.40. The van der Waals surface area contributed by atoms with Crippen LogP contribution in [0.25, 0.3) is 5.69 Å². The van der Waals surface area contributed by atoms with Crippen LogP contribution in [0, 0.1) is 5.92 Å². The number of ether oxygens (including phenoxy) is 1. The minimum Gasteiger partial charge on any atom is -0.379 e. The number of hydrogen-bond donors (Lipinski definition) is 1. The van der Waals surface area contributed by atoms with E-state index in [0.717, 1.165) is 32.0 Å². The molecular formula is C18H25N5O2. The molecule has 1 saturated heterocycles. The van der Waals surface area contributed by atoms with Gasteiger partial charge in [0.2, 0.25) is 0 Å². The SMILES string of the molecule is CC(C)[C@@H](CNC(=O)c1ccc(-n2cncn2)cc1)N1CCOCC1. The first kappa shape index (κ1) is 17.6. The zero-order valence-corrected chi connectivity index (χ0v) is 14.8. The highest BCUT2D eigenvalue weighted by molar-refractivity contribution is 5.94. The number of aromatic nitrogens is 3. The standard InChI is InChI=1S/C18H25N5O2/c1-14(2)17(22-7-9-25-10-8-22)11-20-18(24)15-3-5-16(6-4-15)23-13-19-12-21-23/h3-6,12-14,17H,7-11H2,1-2H3,(H,20,24)/t17-/m1/s1. The van der Waals surface area contributed by atoms with Crippen molar-refractivity contribution in [2.45, 2.75) is 19.9 Å². The number of nitrogens with zero attached hydrogens (tertiary/aromatic N) is 4. The summed E-state index contributed by atoms with van der Waals surface area (Å²) in [6.07, 6.45) is 3.11. The molecule has 0 bridgehead atoms. The minimum atomic E-state index is -0.0518. The average molecular weight is 343 g/mol. The van der Waals surface area contributed by atoms with Crippen molar-refractivity contribution in [1.82, 2.24) is 25.0 Å². The predicted octanol–water partition coefficient (Wildman–Crippen LogP) is 1.35. The van der Waals surface area contributed by atoms with Crippen molar-refractivity contribution in [3.05, 3.63) is 42.5 Å². The molecule has 0 unspecified atom stereocenters. The van der Waals surface area contributed by atoms with E-state index in [1.807, 2.05) is 24.3 Å². The summed E-state index contributed by atoms with van der Waals surface area (Å²) in [4.78, 5) is 18.8. The average Bonchev–Trinajstić information content (AvgIpc) is 3.17. The van der Waals surface area contributed by atoms with E-state index < -0.39 is 0 Å². The lowest BCUT2D eigenvalue weighted by Gasteiger charge is -2.36. The third kappa shape index (κ3) is 4.43. The van der Waals surface area contributed by atoms with Crippen LogP contribution in [0.15, 0.2) is 36.9 Å². The summed E-state index contributed by atoms with van der Waals surface area (Å²) in [7, 11) is 0. The second-order valence-corrected chi connectivity index (χ2v) is 6.56. The first-order valence-electron chi connectivity index (χ1n) is 8.70. The Hall–Kier alpha value is -2.25. The predicted molar refractivity (Wildman–Crippen MR) is 94.7 cm³/mol. The quantitative estimate of drug-likeness (QED) is 0.857. The monoisotopic (exact) mass is 343 g/mol. The molecule has 2 aromatic rings. The van der Waals surface area contributed by atoms with Crippen LogP contribution >= 0.6 is 0 Å². The Labute approximate surface area is 148 Å². The fourth-order valence-electron chi connectivity index (χ4n) is 3.10. The Balaban J connectivity index is 1.59. The molecule has 0 radical (unpaired) electrons. The van der Waals surface area contributed by atoms with E-state index in [9.17, 15) is 4.79 Å². The molecule has 0 saturated carbocycles. The van der Waals surface area contributed by atoms with Crippen molar-refractivity contribution in [1.29, 1.82) is 0 Å². The molecule has 134 valence electrons. The lowest BCUT2D eigenvalue weighted by Crippen LogP contribution is -2.51. The maximum atomic E-state index is 12.5. The Morgan fingerprint density at radius 2 is 1.96 bits per heavy atom. The van der Waals surface area contributed by atoms with Crippen LogP contribution in [-0.4, -0.2) is 64.5 Å². The maximum absolute atomic E-state index is 12.5. The number of carbonyl (C=O) groups excluding carboxylic acids is 1. The van der Waals surface area contributed by atoms with Gasteiger partial charge in [0.25, 0.3) is 5.91 Å². The number of hydrogen-bond acceptors (Lipinski definition) is 5. The van der Waals surface area contributed by atoms with Gasteiger partial charge in [-0.15, -0.1) is 0 Å². The van der Waals surface area contributed by atoms with E-state index in [0.29, 0.717) is 24.1 Å². The van der Waals surface area contributed by atoms with Gasteiger partial charge in [-0.1, -0.05) is 13.8 Å². The van der Waals surface area contributed by atoms with E-state index in [1.165, 1.54) is 6.33 Å². The van der Waals surface area contributed by atoms with Gasteiger partial charge in [0.05, 0.1) is 18.9 Å². The van der Waals surface area contributed by atoms with Crippen LogP contribution < -0.4 is 5.32 Å². The first-order valence-corrected chi connectivity index (χ1v) is 8.70. The Bertz CT molecular complexity index is 663. The highest BCUT2D eigenvalue weighted by Crippen LogP contribution is 2.13. The van der Waals surface area contributed by atoms with Gasteiger partial charge < -0.3 is 10.1 Å². The zero-order valence-electron chi connectivity index (χ0n) is 14.8. The van der Waals surface area contributed by atoms with Gasteiger partial charge in [0.15, 0.2) is 0 Å². The molecule has 1 aromatic carbocycles. The Morgan fingerprint density at radius 3 is 2.56 bits per heavy atom. The van der Waals surface area contributed by atoms with Crippen molar-refractivity contribution >= 4 is 5.91 Å². The van der Waals surface area contributed by atoms with Crippen LogP contribution in [-0.2, 0) is 4.74 Å². The highest BCUT2D eigenvalue weighted by Gasteiger charge is 2.24. The molecule has 25 heavy (non-hydrogen) atoms. The smallest absolute Gasteiger partial charge is 0.251 e. The third-order valence-electron chi connectivity index (χ3n) is 4.57. The van der Waals surface area contributed by atoms with E-state index in [-0.39, 0.29) is 5.91 Å². The molecular weight excluding hydrogens is 318 g/mol. The lowest BCUT2D eigenvalue weighted by atomic mass is 10.0. The minimum absolute atomic E-state index is 0.0518. The van der Waals surface area contributed by atoms with E-state index in [4.69, 9.17) is 4.74 Å². The van der Waals surface area contributed by atoms with E-state index >= 15 is 0 Å². The summed E-state index contributed by atoms with van der Waals surface area (Å²) < 4.78 is 7.09. The summed E-state index contributed by atoms with van der Waals surface area (Å²) in [5.74, 6) is 0.414. The topological polar surface area (TPSA) is 72.3 Å². The van der Waals surface area contributed by atoms with Crippen molar-refractivity contribution in [3.63, 3.8) is 0 Å². The zero-order chi connectivity index (χ0) is 17.6. The van der Waals surface area contributed by atoms with Gasteiger partial charge >= 0.3 is 0 Å². The molecule has 7 heteroatoms. The van der Waals surface area contributed by atoms with Crippen LogP contribution in [0.4, 0.5) is 0 Å². The highest BCUT2D eigenvalue weighted by atomic mass is 16.5. The molecule has 1 fully saturated rings. The van der Waals surface area contributed by atoms with Gasteiger partial charge in [-0.25, -0.2) is 9.67 Å². The van der Waals surface area contributed by atoms with E-state index in [1.54, 1.807) is 11.0 Å². The molecule has 1 aliphatic heterocycles. The third-order valence-corrected chi connectivity index (χ3v) is 4.57. The summed E-state index contributed by atoms with van der Waals surface area (Å²) >= 11 is 0. The molecule has 1 atom stereocenters. The molecule has 2 heterocycles. The molecule has 0 aliphatic carbocycles. The normalized spacial score (nSPS) is 16.8. The van der Waals surface area contributed by atoms with Crippen LogP contribution in [0.2, 0.25) is 0 Å². The van der Waals surface area contributed by atoms with Crippen molar-refractivity contribution < 1.29 is 9.53 Å². The Morgan fingerprint density at radius 1 is 1.24 bits per heavy atom. The number of nitrogens with one attached hydrogen (secondary N) is 1. The number of rotatable bonds is 6. The number of morpholine rings is 1. The molecule has 1 amide bonds. The van der Waals surface area contributed by atoms with Gasteiger partial charge in [-0.3, -0.25) is 9.69 Å². The van der Waals surface area contributed by atoms with Crippen molar-refractivity contribution in [3.8, 4) is 5.69 Å². The van der Waals surface area contributed by atoms with E-state index in [2.05, 4.69) is 34.1 Å². The maximum Gasteiger partial charge on any atom is 0.251 e. The summed E-state index contributed by atoms with van der Waals surface area (Å²) in [6, 6.07) is 7.68. The van der Waals surface area contributed by atoms with Gasteiger partial charge in [-0.2, -0.15) is 5.10 Å². The molecule has 1 aliphatic rings. The van der Waals surface area contributed by atoms with Crippen LogP contribution in [0.3, 0.4) is 0 Å². The molecule has 1 aromatic heterocycles. The second-order valence-electron chi connectivity index (χ2n) is 6.56.